The molecule has 9 heteroatoms. The molecule has 0 spiro atoms. The van der Waals surface area contributed by atoms with Crippen LogP contribution >= 0.6 is 11.3 Å². The number of nitrogens with two attached hydrogens (primary N) is 1. The summed E-state index contributed by atoms with van der Waals surface area (Å²) in [4.78, 5) is 32.5. The number of nitrogens with one attached hydrogen (secondary N) is 1. The minimum Gasteiger partial charge on any atom is -0.481 e. The zero-order chi connectivity index (χ0) is 20.1. The highest BCUT2D eigenvalue weighted by Gasteiger charge is 2.16. The van der Waals surface area contributed by atoms with Crippen molar-refractivity contribution in [3.05, 3.63) is 22.4 Å². The minimum atomic E-state index is -0.938. The minimum absolute atomic E-state index is 0.0667. The normalized spacial score (nSPS) is 12.8. The number of carbonyl (C=O) groups is 3. The van der Waals surface area contributed by atoms with Crippen molar-refractivity contribution in [3.63, 3.8) is 0 Å². The van der Waals surface area contributed by atoms with Gasteiger partial charge in [0.1, 0.15) is 12.1 Å². The summed E-state index contributed by atoms with van der Waals surface area (Å²) in [5, 5.41) is 30.4. The average molecular weight is 388 g/mol. The lowest BCUT2D eigenvalue weighted by Crippen LogP contribution is -2.38. The van der Waals surface area contributed by atoms with Crippen LogP contribution in [0.25, 0.3) is 0 Å². The molecule has 1 heterocycles. The Morgan fingerprint density at radius 3 is 2.23 bits per heavy atom. The number of aliphatic carboxylic acids is 3. The highest BCUT2D eigenvalue weighted by Crippen LogP contribution is 2.12. The van der Waals surface area contributed by atoms with Crippen molar-refractivity contribution < 1.29 is 29.7 Å². The zero-order valence-electron chi connectivity index (χ0n) is 15.1. The quantitative estimate of drug-likeness (QED) is 0.384. The molecular formula is C17H28N2O6S. The second-order valence-corrected chi connectivity index (χ2v) is 7.21. The van der Waals surface area contributed by atoms with Crippen LogP contribution in [0.15, 0.2) is 17.5 Å². The molecule has 0 amide bonds. The van der Waals surface area contributed by atoms with Crippen molar-refractivity contribution >= 4 is 29.2 Å². The van der Waals surface area contributed by atoms with E-state index in [4.69, 9.17) is 21.1 Å². The Bertz CT molecular complexity index is 547. The van der Waals surface area contributed by atoms with Gasteiger partial charge < -0.3 is 26.4 Å². The third-order valence-corrected chi connectivity index (χ3v) is 4.27. The summed E-state index contributed by atoms with van der Waals surface area (Å²) >= 11 is 1.59. The Hall–Kier alpha value is -1.97. The second-order valence-electron chi connectivity index (χ2n) is 6.18. The molecule has 0 aliphatic rings. The van der Waals surface area contributed by atoms with E-state index in [2.05, 4.69) is 5.32 Å². The number of aryl methyl sites for hydroxylation is 1. The van der Waals surface area contributed by atoms with Gasteiger partial charge in [0, 0.05) is 11.4 Å². The smallest absolute Gasteiger partial charge is 0.320 e. The summed E-state index contributed by atoms with van der Waals surface area (Å²) in [6.45, 7) is 4.07. The van der Waals surface area contributed by atoms with Crippen LogP contribution in [0.3, 0.4) is 0 Å². The van der Waals surface area contributed by atoms with Gasteiger partial charge >= 0.3 is 17.9 Å². The first-order valence-electron chi connectivity index (χ1n) is 8.32. The van der Waals surface area contributed by atoms with Crippen LogP contribution in [-0.4, -0.2) is 51.9 Å². The largest absolute Gasteiger partial charge is 0.481 e. The molecular weight excluding hydrogens is 360 g/mol. The predicted octanol–water partition coefficient (Wildman–Crippen LogP) is 1.64. The van der Waals surface area contributed by atoms with Gasteiger partial charge in [-0.15, -0.1) is 11.3 Å². The van der Waals surface area contributed by atoms with Gasteiger partial charge in [0.05, 0.1) is 6.42 Å². The van der Waals surface area contributed by atoms with Crippen LogP contribution < -0.4 is 11.1 Å². The molecule has 0 fully saturated rings. The monoisotopic (exact) mass is 388 g/mol. The van der Waals surface area contributed by atoms with Crippen molar-refractivity contribution in [1.29, 1.82) is 0 Å². The Morgan fingerprint density at radius 1 is 1.19 bits per heavy atom. The second kappa shape index (κ2) is 13.3. The molecule has 0 aliphatic heterocycles. The highest BCUT2D eigenvalue weighted by molar-refractivity contribution is 7.09. The summed E-state index contributed by atoms with van der Waals surface area (Å²) in [6.07, 6.45) is 1.64. The first-order chi connectivity index (χ1) is 12.1. The summed E-state index contributed by atoms with van der Waals surface area (Å²) in [7, 11) is 0. The molecule has 0 saturated heterocycles. The zero-order valence-corrected chi connectivity index (χ0v) is 15.9. The highest BCUT2D eigenvalue weighted by atomic mass is 32.1. The number of rotatable bonds is 11. The van der Waals surface area contributed by atoms with E-state index in [-0.39, 0.29) is 13.0 Å². The van der Waals surface area contributed by atoms with E-state index in [1.807, 2.05) is 31.4 Å². The Balaban J connectivity index is 0.000000590. The summed E-state index contributed by atoms with van der Waals surface area (Å²) < 4.78 is 0. The molecule has 0 aromatic carbocycles. The number of hydrogen-bond donors (Lipinski definition) is 5. The van der Waals surface area contributed by atoms with E-state index in [1.165, 1.54) is 0 Å². The molecule has 26 heavy (non-hydrogen) atoms. The van der Waals surface area contributed by atoms with E-state index in [9.17, 15) is 14.4 Å². The van der Waals surface area contributed by atoms with Crippen molar-refractivity contribution in [3.8, 4) is 0 Å². The van der Waals surface area contributed by atoms with Gasteiger partial charge in [0.2, 0.25) is 0 Å². The molecule has 0 radical (unpaired) electrons. The van der Waals surface area contributed by atoms with Crippen LogP contribution in [-0.2, 0) is 20.8 Å². The molecule has 0 aliphatic carbocycles. The van der Waals surface area contributed by atoms with Crippen molar-refractivity contribution in [2.45, 2.75) is 51.6 Å². The lowest BCUT2D eigenvalue weighted by Gasteiger charge is -2.12. The van der Waals surface area contributed by atoms with Crippen LogP contribution in [0.5, 0.6) is 0 Å². The molecule has 0 saturated carbocycles. The number of thiophene rings is 1. The number of carboxylic acid groups (broad SMARTS) is 3. The third-order valence-electron chi connectivity index (χ3n) is 3.33. The van der Waals surface area contributed by atoms with Crippen molar-refractivity contribution in [2.24, 2.45) is 11.7 Å². The molecule has 1 aromatic rings. The van der Waals surface area contributed by atoms with Gasteiger partial charge in [0.15, 0.2) is 0 Å². The summed E-state index contributed by atoms with van der Waals surface area (Å²) in [6, 6.07) is 2.51. The Labute approximate surface area is 157 Å². The molecule has 6 N–H and O–H groups in total. The lowest BCUT2D eigenvalue weighted by atomic mass is 10.1. The van der Waals surface area contributed by atoms with Gasteiger partial charge in [-0.05, 0) is 36.6 Å². The SMILES string of the molecule is CC(C)C[C@H](N)C(=O)O.O=C(O)CCN[C@H](CCc1cccs1)C(=O)O. The maximum atomic E-state index is 10.9. The first-order valence-corrected chi connectivity index (χ1v) is 9.20. The van der Waals surface area contributed by atoms with Crippen LogP contribution in [0.1, 0.15) is 38.0 Å². The molecule has 0 bridgehead atoms. The molecule has 0 unspecified atom stereocenters. The maximum absolute atomic E-state index is 10.9. The van der Waals surface area contributed by atoms with Gasteiger partial charge in [-0.1, -0.05) is 19.9 Å². The Morgan fingerprint density at radius 2 is 1.85 bits per heavy atom. The average Bonchev–Trinajstić information content (AvgIpc) is 3.03. The molecule has 8 nitrogen and oxygen atoms in total. The van der Waals surface area contributed by atoms with Crippen LogP contribution in [0.4, 0.5) is 0 Å². The number of carboxylic acids is 3. The van der Waals surface area contributed by atoms with Crippen LogP contribution in [0.2, 0.25) is 0 Å². The molecule has 148 valence electrons. The van der Waals surface area contributed by atoms with Gasteiger partial charge in [-0.2, -0.15) is 0 Å². The molecule has 2 atom stereocenters. The van der Waals surface area contributed by atoms with Crippen molar-refractivity contribution in [2.75, 3.05) is 6.54 Å². The lowest BCUT2D eigenvalue weighted by molar-refractivity contribution is -0.141. The van der Waals surface area contributed by atoms with E-state index < -0.39 is 30.0 Å². The topological polar surface area (TPSA) is 150 Å². The van der Waals surface area contributed by atoms with E-state index in [0.717, 1.165) is 4.88 Å². The standard InChI is InChI=1S/C11H15NO4S.C6H13NO2/c13-10(14)5-6-12-9(11(15)16)4-3-8-2-1-7-17-8;1-4(2)3-5(7)6(8)9/h1-2,7,9,12H,3-6H2,(H,13,14)(H,15,16);4-5H,3,7H2,1-2H3,(H,8,9)/t9-;5-/m10/s1. The first kappa shape index (κ1) is 24.0. The summed E-state index contributed by atoms with van der Waals surface area (Å²) in [5.41, 5.74) is 5.22. The maximum Gasteiger partial charge on any atom is 0.320 e. The summed E-state index contributed by atoms with van der Waals surface area (Å²) in [5.74, 6) is -2.42. The van der Waals surface area contributed by atoms with E-state index in [1.54, 1.807) is 11.3 Å². The van der Waals surface area contributed by atoms with Crippen LogP contribution in [0, 0.1) is 5.92 Å². The fourth-order valence-electron chi connectivity index (χ4n) is 2.02. The predicted molar refractivity (Wildman–Crippen MR) is 99.4 cm³/mol. The van der Waals surface area contributed by atoms with E-state index >= 15 is 0 Å². The fourth-order valence-corrected chi connectivity index (χ4v) is 2.74. The third kappa shape index (κ3) is 12.4. The van der Waals surface area contributed by atoms with E-state index in [0.29, 0.717) is 25.2 Å². The fraction of sp³-hybridized carbons (Fsp3) is 0.588. The van der Waals surface area contributed by atoms with Gasteiger partial charge in [-0.3, -0.25) is 14.4 Å². The van der Waals surface area contributed by atoms with Gasteiger partial charge in [0.25, 0.3) is 0 Å². The number of hydrogen-bond acceptors (Lipinski definition) is 6. The Kier molecular flexibility index (Phi) is 12.3. The van der Waals surface area contributed by atoms with Crippen molar-refractivity contribution in [1.82, 2.24) is 5.32 Å². The van der Waals surface area contributed by atoms with Gasteiger partial charge in [-0.25, -0.2) is 0 Å². The molecule has 1 rings (SSSR count). The molecule has 1 aromatic heterocycles.